The molecule has 2 saturated carbocycles. The summed E-state index contributed by atoms with van der Waals surface area (Å²) in [6, 6.07) is 7.72. The third-order valence-corrected chi connectivity index (χ3v) is 5.00. The Labute approximate surface area is 136 Å². The first-order valence-corrected chi connectivity index (χ1v) is 9.01. The van der Waals surface area contributed by atoms with Gasteiger partial charge in [0.05, 0.1) is 0 Å². The van der Waals surface area contributed by atoms with Crippen LogP contribution >= 0.6 is 15.9 Å². The standard InChI is InChI=1S/C18H24BrNO/c19-17-9-7-16(8-10-17)18(21)2-1-11-20(12-14-3-4-14)13-15-5-6-15/h7-10,14-15H,1-6,11-13H2. The molecule has 2 fully saturated rings. The molecule has 1 aromatic carbocycles. The van der Waals surface area contributed by atoms with Crippen molar-refractivity contribution < 1.29 is 4.79 Å². The number of ketones is 1. The van der Waals surface area contributed by atoms with Crippen LogP contribution in [0.15, 0.2) is 28.7 Å². The van der Waals surface area contributed by atoms with E-state index in [0.717, 1.165) is 34.8 Å². The summed E-state index contributed by atoms with van der Waals surface area (Å²) in [6.07, 6.45) is 7.33. The van der Waals surface area contributed by atoms with Crippen LogP contribution in [-0.2, 0) is 0 Å². The van der Waals surface area contributed by atoms with Crippen molar-refractivity contribution in [3.8, 4) is 0 Å². The van der Waals surface area contributed by atoms with Gasteiger partial charge >= 0.3 is 0 Å². The molecule has 0 amide bonds. The lowest BCUT2D eigenvalue weighted by molar-refractivity contribution is 0.0974. The average molecular weight is 350 g/mol. The van der Waals surface area contributed by atoms with Gasteiger partial charge in [0.25, 0.3) is 0 Å². The first kappa shape index (κ1) is 15.2. The zero-order valence-corrected chi connectivity index (χ0v) is 14.1. The molecule has 0 bridgehead atoms. The second-order valence-electron chi connectivity index (χ2n) is 6.68. The summed E-state index contributed by atoms with van der Waals surface area (Å²) < 4.78 is 1.03. The Bertz CT molecular complexity index is 462. The van der Waals surface area contributed by atoms with Gasteiger partial charge in [-0.2, -0.15) is 0 Å². The van der Waals surface area contributed by atoms with E-state index in [1.54, 1.807) is 0 Å². The van der Waals surface area contributed by atoms with Crippen molar-refractivity contribution in [1.29, 1.82) is 0 Å². The quantitative estimate of drug-likeness (QED) is 0.610. The minimum Gasteiger partial charge on any atom is -0.303 e. The zero-order chi connectivity index (χ0) is 14.7. The number of rotatable bonds is 9. The molecule has 0 atom stereocenters. The van der Waals surface area contributed by atoms with Crippen LogP contribution in [0.25, 0.3) is 0 Å². The lowest BCUT2D eigenvalue weighted by atomic mass is 10.1. The van der Waals surface area contributed by atoms with Gasteiger partial charge in [-0.05, 0) is 62.6 Å². The lowest BCUT2D eigenvalue weighted by Gasteiger charge is -2.21. The highest BCUT2D eigenvalue weighted by molar-refractivity contribution is 9.10. The molecule has 2 aliphatic rings. The van der Waals surface area contributed by atoms with Crippen LogP contribution in [0.3, 0.4) is 0 Å². The molecule has 0 saturated heterocycles. The van der Waals surface area contributed by atoms with E-state index >= 15 is 0 Å². The smallest absolute Gasteiger partial charge is 0.162 e. The van der Waals surface area contributed by atoms with Crippen molar-refractivity contribution >= 4 is 21.7 Å². The first-order chi connectivity index (χ1) is 10.2. The predicted molar refractivity (Wildman–Crippen MR) is 89.6 cm³/mol. The van der Waals surface area contributed by atoms with E-state index in [9.17, 15) is 4.79 Å². The van der Waals surface area contributed by atoms with Gasteiger partial charge in [0.15, 0.2) is 5.78 Å². The van der Waals surface area contributed by atoms with Gasteiger partial charge in [0.2, 0.25) is 0 Å². The number of benzene rings is 1. The monoisotopic (exact) mass is 349 g/mol. The highest BCUT2D eigenvalue weighted by atomic mass is 79.9. The fourth-order valence-electron chi connectivity index (χ4n) is 2.83. The molecular formula is C18H24BrNO. The van der Waals surface area contributed by atoms with Gasteiger partial charge in [0, 0.05) is 29.5 Å². The summed E-state index contributed by atoms with van der Waals surface area (Å²) >= 11 is 3.41. The second kappa shape index (κ2) is 7.06. The Kier molecular flexibility index (Phi) is 5.12. The Morgan fingerprint density at radius 2 is 1.62 bits per heavy atom. The van der Waals surface area contributed by atoms with Crippen LogP contribution in [0.4, 0.5) is 0 Å². The van der Waals surface area contributed by atoms with E-state index in [0.29, 0.717) is 6.42 Å². The maximum atomic E-state index is 12.2. The van der Waals surface area contributed by atoms with Gasteiger partial charge in [-0.1, -0.05) is 28.1 Å². The number of nitrogens with zero attached hydrogens (tertiary/aromatic N) is 1. The molecule has 0 unspecified atom stereocenters. The normalized spacial score (nSPS) is 18.2. The van der Waals surface area contributed by atoms with Gasteiger partial charge < -0.3 is 4.90 Å². The molecule has 114 valence electrons. The molecule has 2 nitrogen and oxygen atoms in total. The fraction of sp³-hybridized carbons (Fsp3) is 0.611. The maximum absolute atomic E-state index is 12.2. The largest absolute Gasteiger partial charge is 0.303 e. The Morgan fingerprint density at radius 3 is 2.14 bits per heavy atom. The van der Waals surface area contributed by atoms with Crippen LogP contribution in [0.5, 0.6) is 0 Å². The van der Waals surface area contributed by atoms with Gasteiger partial charge in [-0.3, -0.25) is 4.79 Å². The van der Waals surface area contributed by atoms with Gasteiger partial charge in [-0.25, -0.2) is 0 Å². The molecule has 3 rings (SSSR count). The highest BCUT2D eigenvalue weighted by Crippen LogP contribution is 2.33. The minimum absolute atomic E-state index is 0.278. The van der Waals surface area contributed by atoms with Crippen LogP contribution in [0, 0.1) is 11.8 Å². The third-order valence-electron chi connectivity index (χ3n) is 4.47. The van der Waals surface area contributed by atoms with Crippen molar-refractivity contribution in [3.05, 3.63) is 34.3 Å². The zero-order valence-electron chi connectivity index (χ0n) is 12.6. The number of hydrogen-bond acceptors (Lipinski definition) is 2. The van der Waals surface area contributed by atoms with Crippen LogP contribution in [0.1, 0.15) is 48.9 Å². The van der Waals surface area contributed by atoms with Crippen LogP contribution in [0.2, 0.25) is 0 Å². The molecule has 21 heavy (non-hydrogen) atoms. The average Bonchev–Trinajstić information content (AvgIpc) is 3.35. The molecule has 0 aliphatic heterocycles. The van der Waals surface area contributed by atoms with Crippen molar-refractivity contribution in [2.45, 2.75) is 38.5 Å². The molecule has 2 aliphatic carbocycles. The molecule has 0 spiro atoms. The topological polar surface area (TPSA) is 20.3 Å². The van der Waals surface area contributed by atoms with Crippen molar-refractivity contribution in [2.24, 2.45) is 11.8 Å². The van der Waals surface area contributed by atoms with Crippen LogP contribution in [-0.4, -0.2) is 30.3 Å². The highest BCUT2D eigenvalue weighted by Gasteiger charge is 2.28. The summed E-state index contributed by atoms with van der Waals surface area (Å²) in [7, 11) is 0. The van der Waals surface area contributed by atoms with Gasteiger partial charge in [0.1, 0.15) is 0 Å². The molecule has 1 aromatic rings. The van der Waals surface area contributed by atoms with E-state index in [1.165, 1.54) is 38.8 Å². The summed E-state index contributed by atoms with van der Waals surface area (Å²) in [6.45, 7) is 3.63. The SMILES string of the molecule is O=C(CCCN(CC1CC1)CC1CC1)c1ccc(Br)cc1. The third kappa shape index (κ3) is 5.23. The van der Waals surface area contributed by atoms with E-state index in [4.69, 9.17) is 0 Å². The predicted octanol–water partition coefficient (Wildman–Crippen LogP) is 4.53. The van der Waals surface area contributed by atoms with E-state index < -0.39 is 0 Å². The molecule has 0 aromatic heterocycles. The Morgan fingerprint density at radius 1 is 1.05 bits per heavy atom. The summed E-state index contributed by atoms with van der Waals surface area (Å²) in [4.78, 5) is 14.8. The first-order valence-electron chi connectivity index (χ1n) is 8.22. The van der Waals surface area contributed by atoms with Crippen molar-refractivity contribution in [3.63, 3.8) is 0 Å². The van der Waals surface area contributed by atoms with Gasteiger partial charge in [-0.15, -0.1) is 0 Å². The minimum atomic E-state index is 0.278. The summed E-state index contributed by atoms with van der Waals surface area (Å²) in [5.74, 6) is 2.18. The van der Waals surface area contributed by atoms with E-state index in [-0.39, 0.29) is 5.78 Å². The van der Waals surface area contributed by atoms with Crippen molar-refractivity contribution in [2.75, 3.05) is 19.6 Å². The lowest BCUT2D eigenvalue weighted by Crippen LogP contribution is -2.29. The number of carbonyl (C=O) groups excluding carboxylic acids is 1. The number of halogens is 1. The number of Topliss-reactive ketones (excluding diaryl/α,β-unsaturated/α-hetero) is 1. The maximum Gasteiger partial charge on any atom is 0.162 e. The summed E-state index contributed by atoms with van der Waals surface area (Å²) in [5, 5.41) is 0. The molecule has 3 heteroatoms. The second-order valence-corrected chi connectivity index (χ2v) is 7.60. The van der Waals surface area contributed by atoms with Crippen LogP contribution < -0.4 is 0 Å². The fourth-order valence-corrected chi connectivity index (χ4v) is 3.10. The van der Waals surface area contributed by atoms with Crippen molar-refractivity contribution in [1.82, 2.24) is 4.90 Å². The van der Waals surface area contributed by atoms with E-state index in [2.05, 4.69) is 20.8 Å². The molecular weight excluding hydrogens is 326 g/mol. The molecule has 0 heterocycles. The Hall–Kier alpha value is -0.670. The van der Waals surface area contributed by atoms with E-state index in [1.807, 2.05) is 24.3 Å². The Balaban J connectivity index is 1.42. The number of carbonyl (C=O) groups is 1. The summed E-state index contributed by atoms with van der Waals surface area (Å²) in [5.41, 5.74) is 0.842. The molecule has 0 radical (unpaired) electrons. The number of hydrogen-bond donors (Lipinski definition) is 0. The molecule has 0 N–H and O–H groups in total.